The van der Waals surface area contributed by atoms with Crippen molar-refractivity contribution in [1.82, 2.24) is 30.4 Å². The summed E-state index contributed by atoms with van der Waals surface area (Å²) in [6.07, 6.45) is 1.69. The van der Waals surface area contributed by atoms with Gasteiger partial charge >= 0.3 is 0 Å². The minimum absolute atomic E-state index is 0.664. The fourth-order valence-electron chi connectivity index (χ4n) is 2.26. The lowest BCUT2D eigenvalue weighted by atomic mass is 10.2. The standard InChI is InChI=1S/C12H8N2.C5H4N4/c1-2-6-10-9(5-1)13-11-7-3-4-8-12(11)14-10;1-2-4-5(6-3-1)8-9-7-4/h1-8H;1-3H,(H,6,7,8,9). The Morgan fingerprint density at radius 2 is 1.22 bits per heavy atom. The maximum Gasteiger partial charge on any atom is 0.201 e. The number of fused-ring (bicyclic) bond motifs is 3. The molecule has 0 bridgehead atoms. The molecule has 0 spiro atoms. The van der Waals surface area contributed by atoms with Gasteiger partial charge in [-0.3, -0.25) is 5.10 Å². The van der Waals surface area contributed by atoms with Gasteiger partial charge in [-0.2, -0.15) is 0 Å². The summed E-state index contributed by atoms with van der Waals surface area (Å²) in [6.45, 7) is 0. The molecule has 6 heteroatoms. The van der Waals surface area contributed by atoms with Crippen molar-refractivity contribution in [1.29, 1.82) is 0 Å². The summed E-state index contributed by atoms with van der Waals surface area (Å²) in [6, 6.07) is 19.5. The Bertz CT molecular complexity index is 950. The van der Waals surface area contributed by atoms with Crippen LogP contribution in [0, 0.1) is 0 Å². The van der Waals surface area contributed by atoms with Crippen molar-refractivity contribution in [3.8, 4) is 0 Å². The Hall–Kier alpha value is -3.41. The molecule has 0 saturated carbocycles. The minimum atomic E-state index is 0.664. The van der Waals surface area contributed by atoms with Crippen LogP contribution >= 0.6 is 0 Å². The average Bonchev–Trinajstić information content (AvgIpc) is 3.09. The first-order chi connectivity index (χ1) is 11.4. The SMILES string of the molecule is c1ccc2nc3ccccc3nc2c1.c1cnc2nn[nH]c2c1. The van der Waals surface area contributed by atoms with Gasteiger partial charge in [-0.05, 0) is 36.4 Å². The van der Waals surface area contributed by atoms with Crippen LogP contribution in [0.5, 0.6) is 0 Å². The van der Waals surface area contributed by atoms with Crippen LogP contribution in [0.25, 0.3) is 33.2 Å². The molecule has 0 fully saturated rings. The van der Waals surface area contributed by atoms with E-state index in [9.17, 15) is 0 Å². The van der Waals surface area contributed by atoms with Crippen LogP contribution in [0.4, 0.5) is 0 Å². The van der Waals surface area contributed by atoms with E-state index < -0.39 is 0 Å². The molecular weight excluding hydrogens is 288 g/mol. The molecule has 0 amide bonds. The predicted octanol–water partition coefficient (Wildman–Crippen LogP) is 3.14. The van der Waals surface area contributed by atoms with Gasteiger partial charge in [0, 0.05) is 6.20 Å². The van der Waals surface area contributed by atoms with Gasteiger partial charge in [-0.1, -0.05) is 29.5 Å². The number of aromatic nitrogens is 6. The Labute approximate surface area is 131 Å². The van der Waals surface area contributed by atoms with E-state index in [0.717, 1.165) is 27.6 Å². The quantitative estimate of drug-likeness (QED) is 0.444. The fraction of sp³-hybridized carbons (Fsp3) is 0. The van der Waals surface area contributed by atoms with Crippen LogP contribution in [-0.4, -0.2) is 30.4 Å². The van der Waals surface area contributed by atoms with E-state index in [1.54, 1.807) is 6.20 Å². The van der Waals surface area contributed by atoms with Gasteiger partial charge in [0.05, 0.1) is 22.1 Å². The molecule has 0 atom stereocenters. The van der Waals surface area contributed by atoms with E-state index in [1.165, 1.54) is 0 Å². The van der Waals surface area contributed by atoms with E-state index in [-0.39, 0.29) is 0 Å². The molecule has 6 nitrogen and oxygen atoms in total. The highest BCUT2D eigenvalue weighted by atomic mass is 15.3. The largest absolute Gasteiger partial charge is 0.256 e. The molecule has 110 valence electrons. The maximum atomic E-state index is 4.52. The lowest BCUT2D eigenvalue weighted by molar-refractivity contribution is 0.954. The number of nitrogens with one attached hydrogen (secondary N) is 1. The first-order valence-electron chi connectivity index (χ1n) is 7.13. The monoisotopic (exact) mass is 300 g/mol. The minimum Gasteiger partial charge on any atom is -0.256 e. The average molecular weight is 300 g/mol. The van der Waals surface area contributed by atoms with E-state index in [0.29, 0.717) is 5.65 Å². The van der Waals surface area contributed by atoms with Crippen LogP contribution in [0.15, 0.2) is 66.9 Å². The highest BCUT2D eigenvalue weighted by Gasteiger charge is 1.98. The molecule has 2 aromatic carbocycles. The van der Waals surface area contributed by atoms with Crippen molar-refractivity contribution < 1.29 is 0 Å². The Kier molecular flexibility index (Phi) is 3.32. The summed E-state index contributed by atoms with van der Waals surface area (Å²) in [5.74, 6) is 0. The summed E-state index contributed by atoms with van der Waals surface area (Å²) in [5, 5.41) is 9.96. The number of hydrogen-bond donors (Lipinski definition) is 1. The molecule has 0 unspecified atom stereocenters. The molecule has 23 heavy (non-hydrogen) atoms. The second-order valence-corrected chi connectivity index (χ2v) is 4.89. The molecule has 0 radical (unpaired) electrons. The van der Waals surface area contributed by atoms with E-state index in [2.05, 4.69) is 30.4 Å². The molecular formula is C17H12N6. The number of aromatic amines is 1. The van der Waals surface area contributed by atoms with Gasteiger partial charge in [0.1, 0.15) is 5.52 Å². The van der Waals surface area contributed by atoms with Crippen LogP contribution < -0.4 is 0 Å². The summed E-state index contributed by atoms with van der Waals surface area (Å²) >= 11 is 0. The maximum absolute atomic E-state index is 4.52. The van der Waals surface area contributed by atoms with Gasteiger partial charge in [-0.15, -0.1) is 5.10 Å². The zero-order valence-corrected chi connectivity index (χ0v) is 12.1. The van der Waals surface area contributed by atoms with Gasteiger partial charge in [0.15, 0.2) is 0 Å². The first kappa shape index (κ1) is 13.3. The van der Waals surface area contributed by atoms with Crippen LogP contribution in [0.2, 0.25) is 0 Å². The topological polar surface area (TPSA) is 80.2 Å². The molecule has 3 heterocycles. The second-order valence-electron chi connectivity index (χ2n) is 4.89. The zero-order valence-electron chi connectivity index (χ0n) is 12.1. The second kappa shape index (κ2) is 5.76. The summed E-state index contributed by atoms with van der Waals surface area (Å²) in [5.41, 5.74) is 5.34. The van der Waals surface area contributed by atoms with E-state index in [1.807, 2.05) is 60.7 Å². The van der Waals surface area contributed by atoms with Crippen molar-refractivity contribution >= 4 is 33.2 Å². The molecule has 3 aromatic heterocycles. The number of para-hydroxylation sites is 4. The van der Waals surface area contributed by atoms with Crippen molar-refractivity contribution in [2.24, 2.45) is 0 Å². The van der Waals surface area contributed by atoms with Gasteiger partial charge in [-0.25, -0.2) is 15.0 Å². The Balaban J connectivity index is 0.000000130. The fourth-order valence-corrected chi connectivity index (χ4v) is 2.26. The molecule has 0 aliphatic rings. The first-order valence-corrected chi connectivity index (χ1v) is 7.13. The van der Waals surface area contributed by atoms with E-state index >= 15 is 0 Å². The van der Waals surface area contributed by atoms with Crippen molar-refractivity contribution in [3.05, 3.63) is 66.9 Å². The Morgan fingerprint density at radius 1 is 0.652 bits per heavy atom. The van der Waals surface area contributed by atoms with Crippen LogP contribution in [-0.2, 0) is 0 Å². The summed E-state index contributed by atoms with van der Waals surface area (Å²) in [4.78, 5) is 13.0. The Morgan fingerprint density at radius 3 is 1.74 bits per heavy atom. The third-order valence-electron chi connectivity index (χ3n) is 3.35. The highest BCUT2D eigenvalue weighted by Crippen LogP contribution is 2.14. The van der Waals surface area contributed by atoms with Crippen LogP contribution in [0.3, 0.4) is 0 Å². The molecule has 0 aliphatic carbocycles. The van der Waals surface area contributed by atoms with Gasteiger partial charge in [0.25, 0.3) is 0 Å². The smallest absolute Gasteiger partial charge is 0.201 e. The number of pyridine rings is 1. The summed E-state index contributed by atoms with van der Waals surface area (Å²) < 4.78 is 0. The third kappa shape index (κ3) is 2.69. The van der Waals surface area contributed by atoms with Gasteiger partial charge < -0.3 is 0 Å². The lowest BCUT2D eigenvalue weighted by Gasteiger charge is -1.98. The summed E-state index contributed by atoms with van der Waals surface area (Å²) in [7, 11) is 0. The van der Waals surface area contributed by atoms with Crippen LogP contribution in [0.1, 0.15) is 0 Å². The highest BCUT2D eigenvalue weighted by molar-refractivity contribution is 5.85. The molecule has 1 N–H and O–H groups in total. The number of nitrogens with zero attached hydrogens (tertiary/aromatic N) is 5. The van der Waals surface area contributed by atoms with Crippen molar-refractivity contribution in [2.45, 2.75) is 0 Å². The molecule has 0 aliphatic heterocycles. The van der Waals surface area contributed by atoms with E-state index in [4.69, 9.17) is 0 Å². The van der Waals surface area contributed by atoms with Gasteiger partial charge in [0.2, 0.25) is 5.65 Å². The predicted molar refractivity (Wildman–Crippen MR) is 88.7 cm³/mol. The molecule has 0 saturated heterocycles. The third-order valence-corrected chi connectivity index (χ3v) is 3.35. The zero-order chi connectivity index (χ0) is 15.5. The van der Waals surface area contributed by atoms with Crippen molar-refractivity contribution in [2.75, 3.05) is 0 Å². The normalized spacial score (nSPS) is 10.6. The number of rotatable bonds is 0. The molecule has 5 aromatic rings. The lowest BCUT2D eigenvalue weighted by Crippen LogP contribution is -1.85. The number of hydrogen-bond acceptors (Lipinski definition) is 5. The molecule has 5 rings (SSSR count). The number of benzene rings is 2. The van der Waals surface area contributed by atoms with Crippen molar-refractivity contribution in [3.63, 3.8) is 0 Å². The number of H-pyrrole nitrogens is 1.